The zero-order valence-electron chi connectivity index (χ0n) is 5.32. The minimum Gasteiger partial charge on any atom is -0.261 e. The van der Waals surface area contributed by atoms with E-state index in [-0.39, 0.29) is 5.69 Å². The molecule has 0 aromatic carbocycles. The number of pyridine rings is 1. The van der Waals surface area contributed by atoms with Crippen LogP contribution in [0.2, 0.25) is 0 Å². The van der Waals surface area contributed by atoms with Crippen molar-refractivity contribution in [1.29, 1.82) is 0 Å². The molecule has 0 atom stereocenters. The van der Waals surface area contributed by atoms with Crippen molar-refractivity contribution >= 4 is 21.8 Å². The molecule has 1 rings (SSSR count). The van der Waals surface area contributed by atoms with Crippen LogP contribution in [0.15, 0.2) is 28.0 Å². The predicted octanol–water partition coefficient (Wildman–Crippen LogP) is 1.75. The van der Waals surface area contributed by atoms with Gasteiger partial charge in [-0.25, -0.2) is 4.98 Å². The highest BCUT2D eigenvalue weighted by molar-refractivity contribution is 9.10. The van der Waals surface area contributed by atoms with Crippen molar-refractivity contribution in [3.05, 3.63) is 33.4 Å². The highest BCUT2D eigenvalue weighted by atomic mass is 79.9. The van der Waals surface area contributed by atoms with Crippen molar-refractivity contribution < 1.29 is 4.79 Å². The fourth-order valence-electron chi connectivity index (χ4n) is 0.586. The summed E-state index contributed by atoms with van der Waals surface area (Å²) in [4.78, 5) is 24.1. The van der Waals surface area contributed by atoms with Gasteiger partial charge in [-0.05, 0) is 28.1 Å². The number of halogens is 1. The Labute approximate surface area is 70.7 Å². The number of amides is 1. The second kappa shape index (κ2) is 3.34. The van der Waals surface area contributed by atoms with E-state index in [1.807, 2.05) is 0 Å². The zero-order chi connectivity index (χ0) is 8.27. The summed E-state index contributed by atoms with van der Waals surface area (Å²) in [5.74, 6) is -0.863. The normalized spacial score (nSPS) is 9.18. The molecule has 0 aliphatic heterocycles. The molecule has 0 unspecified atom stereocenters. The Morgan fingerprint density at radius 1 is 1.64 bits per heavy atom. The third kappa shape index (κ3) is 1.68. The van der Waals surface area contributed by atoms with Gasteiger partial charge in [0, 0.05) is 15.8 Å². The SMILES string of the molecule is O=NC(=O)c1ncccc1Br. The summed E-state index contributed by atoms with van der Waals surface area (Å²) < 4.78 is 0.476. The maximum absolute atomic E-state index is 10.7. The first-order valence-corrected chi connectivity index (χ1v) is 3.53. The third-order valence-corrected chi connectivity index (χ3v) is 1.68. The van der Waals surface area contributed by atoms with E-state index in [4.69, 9.17) is 0 Å². The van der Waals surface area contributed by atoms with E-state index in [1.165, 1.54) is 6.20 Å². The van der Waals surface area contributed by atoms with Crippen LogP contribution in [0, 0.1) is 4.91 Å². The summed E-state index contributed by atoms with van der Waals surface area (Å²) in [6.07, 6.45) is 1.42. The van der Waals surface area contributed by atoms with E-state index < -0.39 is 5.91 Å². The standard InChI is InChI=1S/C6H3BrN2O2/c7-4-2-1-3-8-5(4)6(10)9-11/h1-3H. The lowest BCUT2D eigenvalue weighted by Crippen LogP contribution is -1.97. The summed E-state index contributed by atoms with van der Waals surface area (Å²) in [6.45, 7) is 0. The van der Waals surface area contributed by atoms with Gasteiger partial charge in [0.25, 0.3) is 0 Å². The summed E-state index contributed by atoms with van der Waals surface area (Å²) in [5.41, 5.74) is 0.0440. The fourth-order valence-corrected chi connectivity index (χ4v) is 1.01. The van der Waals surface area contributed by atoms with Crippen LogP contribution in [0.1, 0.15) is 10.5 Å². The van der Waals surface area contributed by atoms with Crippen LogP contribution in [-0.2, 0) is 0 Å². The molecule has 0 saturated carbocycles. The molecule has 0 aliphatic carbocycles. The van der Waals surface area contributed by atoms with E-state index in [1.54, 1.807) is 12.1 Å². The highest BCUT2D eigenvalue weighted by Crippen LogP contribution is 2.13. The topological polar surface area (TPSA) is 59.4 Å². The average Bonchev–Trinajstić information content (AvgIpc) is 2.04. The molecule has 1 aromatic rings. The van der Waals surface area contributed by atoms with Crippen LogP contribution in [0.3, 0.4) is 0 Å². The first-order chi connectivity index (χ1) is 5.25. The lowest BCUT2D eigenvalue weighted by molar-refractivity contribution is 0.0995. The molecule has 1 amide bonds. The quantitative estimate of drug-likeness (QED) is 0.670. The number of hydrogen-bond donors (Lipinski definition) is 0. The van der Waals surface area contributed by atoms with Crippen LogP contribution in [0.5, 0.6) is 0 Å². The van der Waals surface area contributed by atoms with Crippen LogP contribution in [0.25, 0.3) is 0 Å². The average molecular weight is 215 g/mol. The maximum atomic E-state index is 10.7. The molecule has 0 radical (unpaired) electrons. The van der Waals surface area contributed by atoms with Crippen molar-refractivity contribution in [3.63, 3.8) is 0 Å². The second-order valence-corrected chi connectivity index (χ2v) is 2.58. The highest BCUT2D eigenvalue weighted by Gasteiger charge is 2.09. The Kier molecular flexibility index (Phi) is 2.43. The number of carbonyl (C=O) groups is 1. The molecular formula is C6H3BrN2O2. The number of carbonyl (C=O) groups excluding carboxylic acids is 1. The monoisotopic (exact) mass is 214 g/mol. The van der Waals surface area contributed by atoms with Gasteiger partial charge in [-0.1, -0.05) is 0 Å². The van der Waals surface area contributed by atoms with E-state index in [2.05, 4.69) is 26.1 Å². The zero-order valence-corrected chi connectivity index (χ0v) is 6.91. The minimum atomic E-state index is -0.863. The van der Waals surface area contributed by atoms with Gasteiger partial charge in [0.2, 0.25) is 0 Å². The fraction of sp³-hybridized carbons (Fsp3) is 0. The summed E-state index contributed by atoms with van der Waals surface area (Å²) in [5, 5.41) is 2.24. The summed E-state index contributed by atoms with van der Waals surface area (Å²) >= 11 is 3.06. The second-order valence-electron chi connectivity index (χ2n) is 1.73. The Bertz CT molecular complexity index is 300. The molecule has 0 saturated heterocycles. The van der Waals surface area contributed by atoms with Gasteiger partial charge >= 0.3 is 5.91 Å². The molecule has 0 spiro atoms. The van der Waals surface area contributed by atoms with Gasteiger partial charge in [0.15, 0.2) is 0 Å². The molecule has 0 fully saturated rings. The molecule has 0 N–H and O–H groups in total. The largest absolute Gasteiger partial charge is 0.336 e. The number of nitrogens with zero attached hydrogens (tertiary/aromatic N) is 2. The van der Waals surface area contributed by atoms with Gasteiger partial charge in [0.1, 0.15) is 5.69 Å². The van der Waals surface area contributed by atoms with Crippen LogP contribution < -0.4 is 0 Å². The van der Waals surface area contributed by atoms with E-state index in [0.29, 0.717) is 4.47 Å². The van der Waals surface area contributed by atoms with E-state index >= 15 is 0 Å². The number of nitroso groups, excluding NO2 is 1. The maximum Gasteiger partial charge on any atom is 0.336 e. The first kappa shape index (κ1) is 8.00. The van der Waals surface area contributed by atoms with Gasteiger partial charge < -0.3 is 0 Å². The smallest absolute Gasteiger partial charge is 0.261 e. The van der Waals surface area contributed by atoms with E-state index in [9.17, 15) is 9.70 Å². The molecule has 56 valence electrons. The van der Waals surface area contributed by atoms with Crippen LogP contribution in [-0.4, -0.2) is 10.9 Å². The Morgan fingerprint density at radius 2 is 2.36 bits per heavy atom. The first-order valence-electron chi connectivity index (χ1n) is 2.74. The third-order valence-electron chi connectivity index (χ3n) is 1.04. The van der Waals surface area contributed by atoms with Gasteiger partial charge in [0.05, 0.1) is 0 Å². The minimum absolute atomic E-state index is 0.0440. The van der Waals surface area contributed by atoms with Crippen LogP contribution >= 0.6 is 15.9 Å². The molecule has 11 heavy (non-hydrogen) atoms. The predicted molar refractivity (Wildman–Crippen MR) is 42.1 cm³/mol. The molecule has 0 aliphatic rings. The van der Waals surface area contributed by atoms with Gasteiger partial charge in [-0.3, -0.25) is 4.79 Å². The van der Waals surface area contributed by atoms with Crippen molar-refractivity contribution in [3.8, 4) is 0 Å². The molecule has 1 aromatic heterocycles. The van der Waals surface area contributed by atoms with Gasteiger partial charge in [-0.2, -0.15) is 0 Å². The van der Waals surface area contributed by atoms with Crippen molar-refractivity contribution in [1.82, 2.24) is 4.98 Å². The lowest BCUT2D eigenvalue weighted by Gasteiger charge is -1.93. The molecule has 0 bridgehead atoms. The molecular weight excluding hydrogens is 212 g/mol. The molecule has 4 nitrogen and oxygen atoms in total. The van der Waals surface area contributed by atoms with Gasteiger partial charge in [-0.15, -0.1) is 4.91 Å². The number of rotatable bonds is 1. The number of aromatic nitrogens is 1. The van der Waals surface area contributed by atoms with Crippen molar-refractivity contribution in [2.24, 2.45) is 5.18 Å². The van der Waals surface area contributed by atoms with Crippen molar-refractivity contribution in [2.75, 3.05) is 0 Å². The number of hydrogen-bond acceptors (Lipinski definition) is 3. The molecule has 5 heteroatoms. The molecule has 1 heterocycles. The summed E-state index contributed by atoms with van der Waals surface area (Å²) in [7, 11) is 0. The Hall–Kier alpha value is -1.10. The lowest BCUT2D eigenvalue weighted by atomic mass is 10.3. The summed E-state index contributed by atoms with van der Waals surface area (Å²) in [6, 6.07) is 3.26. The Morgan fingerprint density at radius 3 is 2.91 bits per heavy atom. The van der Waals surface area contributed by atoms with E-state index in [0.717, 1.165) is 0 Å². The Balaban J connectivity index is 3.13. The van der Waals surface area contributed by atoms with Crippen molar-refractivity contribution in [2.45, 2.75) is 0 Å². The van der Waals surface area contributed by atoms with Crippen LogP contribution in [0.4, 0.5) is 0 Å².